The predicted molar refractivity (Wildman–Crippen MR) is 90.0 cm³/mol. The SMILES string of the molecule is O=C(COc1ccc2nsnc2c1)NCc1n[nH]c2c1CCCC2. The zero-order chi connectivity index (χ0) is 16.4. The van der Waals surface area contributed by atoms with Gasteiger partial charge in [-0.1, -0.05) is 0 Å². The van der Waals surface area contributed by atoms with E-state index in [4.69, 9.17) is 4.74 Å². The van der Waals surface area contributed by atoms with Crippen molar-refractivity contribution in [2.45, 2.75) is 32.2 Å². The molecule has 1 aliphatic rings. The fraction of sp³-hybridized carbons (Fsp3) is 0.375. The summed E-state index contributed by atoms with van der Waals surface area (Å²) in [5.74, 6) is 0.446. The molecular formula is C16H17N5O2S. The standard InChI is InChI=1S/C16H17N5O2S/c22-16(9-23-10-5-6-13-14(7-10)21-24-20-13)17-8-15-11-3-1-2-4-12(11)18-19-15/h5-7H,1-4,8-9H2,(H,17,22)(H,18,19). The van der Waals surface area contributed by atoms with Gasteiger partial charge in [-0.15, -0.1) is 0 Å². The number of nitrogens with one attached hydrogen (secondary N) is 2. The Hall–Kier alpha value is -2.48. The lowest BCUT2D eigenvalue weighted by atomic mass is 9.96. The highest BCUT2D eigenvalue weighted by Gasteiger charge is 2.17. The summed E-state index contributed by atoms with van der Waals surface area (Å²) >= 11 is 1.16. The van der Waals surface area contributed by atoms with Gasteiger partial charge in [0.1, 0.15) is 16.8 Å². The molecule has 0 aliphatic heterocycles. The van der Waals surface area contributed by atoms with Gasteiger partial charge in [0.25, 0.3) is 5.91 Å². The average Bonchev–Trinajstić information content (AvgIpc) is 3.24. The van der Waals surface area contributed by atoms with Crippen LogP contribution in [0.25, 0.3) is 11.0 Å². The predicted octanol–water partition coefficient (Wildman–Crippen LogP) is 1.99. The van der Waals surface area contributed by atoms with Gasteiger partial charge < -0.3 is 10.1 Å². The minimum atomic E-state index is -0.168. The summed E-state index contributed by atoms with van der Waals surface area (Å²) in [6.07, 6.45) is 4.47. The van der Waals surface area contributed by atoms with Crippen LogP contribution in [-0.2, 0) is 24.2 Å². The van der Waals surface area contributed by atoms with E-state index in [1.54, 1.807) is 12.1 Å². The molecule has 2 N–H and O–H groups in total. The Morgan fingerprint density at radius 1 is 1.25 bits per heavy atom. The molecule has 2 aromatic heterocycles. The second kappa shape index (κ2) is 6.56. The number of aromatic nitrogens is 4. The molecule has 0 unspecified atom stereocenters. The fourth-order valence-corrected chi connectivity index (χ4v) is 3.45. The first-order valence-corrected chi connectivity index (χ1v) is 8.69. The Morgan fingerprint density at radius 3 is 3.08 bits per heavy atom. The Labute approximate surface area is 142 Å². The summed E-state index contributed by atoms with van der Waals surface area (Å²) in [4.78, 5) is 12.0. The lowest BCUT2D eigenvalue weighted by molar-refractivity contribution is -0.123. The summed E-state index contributed by atoms with van der Waals surface area (Å²) in [6, 6.07) is 5.42. The number of hydrogen-bond donors (Lipinski definition) is 2. The third-order valence-corrected chi connectivity index (χ3v) is 4.75. The van der Waals surface area contributed by atoms with Crippen LogP contribution in [0.2, 0.25) is 0 Å². The number of rotatable bonds is 5. The number of ether oxygens (including phenoxy) is 1. The molecule has 0 saturated heterocycles. The number of hydrogen-bond acceptors (Lipinski definition) is 6. The molecule has 1 amide bonds. The summed E-state index contributed by atoms with van der Waals surface area (Å²) in [7, 11) is 0. The number of carbonyl (C=O) groups excluding carboxylic acids is 1. The maximum atomic E-state index is 12.0. The van der Waals surface area contributed by atoms with Gasteiger partial charge in [0.2, 0.25) is 0 Å². The van der Waals surface area contributed by atoms with E-state index in [2.05, 4.69) is 24.3 Å². The van der Waals surface area contributed by atoms with E-state index in [1.807, 2.05) is 6.07 Å². The van der Waals surface area contributed by atoms with E-state index in [0.717, 1.165) is 41.3 Å². The molecule has 0 radical (unpaired) electrons. The van der Waals surface area contributed by atoms with Crippen molar-refractivity contribution in [1.29, 1.82) is 0 Å². The molecule has 24 heavy (non-hydrogen) atoms. The zero-order valence-electron chi connectivity index (χ0n) is 13.0. The molecule has 4 rings (SSSR count). The minimum Gasteiger partial charge on any atom is -0.484 e. The highest BCUT2D eigenvalue weighted by molar-refractivity contribution is 7.00. The monoisotopic (exact) mass is 343 g/mol. The maximum Gasteiger partial charge on any atom is 0.258 e. The van der Waals surface area contributed by atoms with Crippen LogP contribution in [0, 0.1) is 0 Å². The summed E-state index contributed by atoms with van der Waals surface area (Å²) in [5.41, 5.74) is 5.03. The van der Waals surface area contributed by atoms with Crippen LogP contribution < -0.4 is 10.1 Å². The molecule has 1 aromatic carbocycles. The molecule has 8 heteroatoms. The molecule has 0 atom stereocenters. The lowest BCUT2D eigenvalue weighted by Gasteiger charge is -2.11. The molecule has 124 valence electrons. The Bertz CT molecular complexity index is 872. The van der Waals surface area contributed by atoms with Crippen molar-refractivity contribution in [2.24, 2.45) is 0 Å². The van der Waals surface area contributed by atoms with Crippen LogP contribution in [0.1, 0.15) is 29.8 Å². The van der Waals surface area contributed by atoms with Crippen molar-refractivity contribution >= 4 is 28.7 Å². The van der Waals surface area contributed by atoms with Gasteiger partial charge >= 0.3 is 0 Å². The number of aryl methyl sites for hydroxylation is 1. The van der Waals surface area contributed by atoms with Crippen molar-refractivity contribution in [3.63, 3.8) is 0 Å². The van der Waals surface area contributed by atoms with E-state index < -0.39 is 0 Å². The normalized spacial score (nSPS) is 13.7. The molecule has 3 aromatic rings. The Morgan fingerprint density at radius 2 is 2.12 bits per heavy atom. The van der Waals surface area contributed by atoms with Gasteiger partial charge in [-0.25, -0.2) is 0 Å². The first kappa shape index (κ1) is 15.1. The van der Waals surface area contributed by atoms with E-state index >= 15 is 0 Å². The van der Waals surface area contributed by atoms with E-state index in [9.17, 15) is 4.79 Å². The number of benzene rings is 1. The van der Waals surface area contributed by atoms with Crippen LogP contribution in [-0.4, -0.2) is 31.5 Å². The van der Waals surface area contributed by atoms with Crippen LogP contribution in [0.4, 0.5) is 0 Å². The zero-order valence-corrected chi connectivity index (χ0v) is 13.9. The number of nitrogens with zero attached hydrogens (tertiary/aromatic N) is 3. The van der Waals surface area contributed by atoms with E-state index in [-0.39, 0.29) is 12.5 Å². The lowest BCUT2D eigenvalue weighted by Crippen LogP contribution is -2.29. The van der Waals surface area contributed by atoms with Gasteiger partial charge in [-0.2, -0.15) is 13.8 Å². The summed E-state index contributed by atoms with van der Waals surface area (Å²) in [5, 5.41) is 10.3. The van der Waals surface area contributed by atoms with Crippen molar-refractivity contribution in [3.8, 4) is 5.75 Å². The van der Waals surface area contributed by atoms with Crippen LogP contribution in [0.15, 0.2) is 18.2 Å². The highest BCUT2D eigenvalue weighted by atomic mass is 32.1. The number of fused-ring (bicyclic) bond motifs is 2. The van der Waals surface area contributed by atoms with Crippen LogP contribution in [0.3, 0.4) is 0 Å². The smallest absolute Gasteiger partial charge is 0.258 e. The molecular weight excluding hydrogens is 326 g/mol. The molecule has 2 heterocycles. The van der Waals surface area contributed by atoms with Gasteiger partial charge in [0, 0.05) is 11.8 Å². The van der Waals surface area contributed by atoms with E-state index in [0.29, 0.717) is 12.3 Å². The second-order valence-corrected chi connectivity index (χ2v) is 6.34. The molecule has 7 nitrogen and oxygen atoms in total. The summed E-state index contributed by atoms with van der Waals surface area (Å²) in [6.45, 7) is 0.402. The second-order valence-electron chi connectivity index (χ2n) is 5.81. The Balaban J connectivity index is 1.31. The van der Waals surface area contributed by atoms with Gasteiger partial charge in [0.05, 0.1) is 24.0 Å². The van der Waals surface area contributed by atoms with Crippen molar-refractivity contribution in [3.05, 3.63) is 35.2 Å². The third kappa shape index (κ3) is 3.09. The minimum absolute atomic E-state index is 0.0321. The highest BCUT2D eigenvalue weighted by Crippen LogP contribution is 2.22. The first-order valence-electron chi connectivity index (χ1n) is 7.96. The summed E-state index contributed by atoms with van der Waals surface area (Å²) < 4.78 is 13.8. The quantitative estimate of drug-likeness (QED) is 0.739. The van der Waals surface area contributed by atoms with Gasteiger partial charge in [-0.3, -0.25) is 9.89 Å². The third-order valence-electron chi connectivity index (χ3n) is 4.19. The molecule has 0 saturated carbocycles. The van der Waals surface area contributed by atoms with Crippen molar-refractivity contribution in [2.75, 3.05) is 6.61 Å². The van der Waals surface area contributed by atoms with Gasteiger partial charge in [0.15, 0.2) is 6.61 Å². The van der Waals surface area contributed by atoms with Crippen LogP contribution >= 0.6 is 11.7 Å². The Kier molecular flexibility index (Phi) is 4.12. The largest absolute Gasteiger partial charge is 0.484 e. The van der Waals surface area contributed by atoms with Gasteiger partial charge in [-0.05, 0) is 43.4 Å². The average molecular weight is 343 g/mol. The van der Waals surface area contributed by atoms with Crippen molar-refractivity contribution < 1.29 is 9.53 Å². The molecule has 1 aliphatic carbocycles. The number of aromatic amines is 1. The number of carbonyl (C=O) groups is 1. The fourth-order valence-electron chi connectivity index (χ4n) is 2.93. The maximum absolute atomic E-state index is 12.0. The first-order chi connectivity index (χ1) is 11.8. The molecule has 0 fully saturated rings. The number of H-pyrrole nitrogens is 1. The molecule has 0 spiro atoms. The van der Waals surface area contributed by atoms with E-state index in [1.165, 1.54) is 24.1 Å². The van der Waals surface area contributed by atoms with Crippen molar-refractivity contribution in [1.82, 2.24) is 24.3 Å². The topological polar surface area (TPSA) is 92.8 Å². The van der Waals surface area contributed by atoms with Crippen LogP contribution in [0.5, 0.6) is 5.75 Å². The molecule has 0 bridgehead atoms. The number of amides is 1.